The SMILES string of the molecule is Cc1ccccc1C[NH+](Cc1ccc(C(=O)N[C@H](C)c2ccccc2)o1)C(C)C. The molecule has 29 heavy (non-hydrogen) atoms. The van der Waals surface area contributed by atoms with Crippen molar-refractivity contribution in [3.05, 3.63) is 94.9 Å². The van der Waals surface area contributed by atoms with Gasteiger partial charge in [-0.3, -0.25) is 4.79 Å². The molecule has 1 aromatic heterocycles. The van der Waals surface area contributed by atoms with Crippen LogP contribution in [0.15, 0.2) is 71.1 Å². The van der Waals surface area contributed by atoms with Crippen molar-refractivity contribution in [2.24, 2.45) is 0 Å². The highest BCUT2D eigenvalue weighted by Gasteiger charge is 2.20. The van der Waals surface area contributed by atoms with Crippen LogP contribution >= 0.6 is 0 Å². The van der Waals surface area contributed by atoms with Gasteiger partial charge in [-0.25, -0.2) is 0 Å². The highest BCUT2D eigenvalue weighted by Crippen LogP contribution is 2.14. The van der Waals surface area contributed by atoms with Crippen LogP contribution in [0.2, 0.25) is 0 Å². The first kappa shape index (κ1) is 20.9. The average molecular weight is 392 g/mol. The Kier molecular flexibility index (Phi) is 6.89. The number of rotatable bonds is 8. The maximum atomic E-state index is 12.6. The van der Waals surface area contributed by atoms with Crippen LogP contribution in [0, 0.1) is 6.92 Å². The highest BCUT2D eigenvalue weighted by molar-refractivity contribution is 5.91. The molecule has 2 N–H and O–H groups in total. The molecule has 1 heterocycles. The molecule has 0 aliphatic heterocycles. The molecule has 0 bridgehead atoms. The summed E-state index contributed by atoms with van der Waals surface area (Å²) in [5, 5.41) is 3.01. The van der Waals surface area contributed by atoms with Crippen molar-refractivity contribution in [2.45, 2.75) is 52.9 Å². The van der Waals surface area contributed by atoms with Gasteiger partial charge in [-0.05, 0) is 51.0 Å². The topological polar surface area (TPSA) is 46.7 Å². The van der Waals surface area contributed by atoms with Crippen LogP contribution in [0.5, 0.6) is 0 Å². The van der Waals surface area contributed by atoms with Crippen LogP contribution in [0.3, 0.4) is 0 Å². The molecule has 0 fully saturated rings. The van der Waals surface area contributed by atoms with Crippen LogP contribution in [0.4, 0.5) is 0 Å². The fourth-order valence-electron chi connectivity index (χ4n) is 3.44. The van der Waals surface area contributed by atoms with Gasteiger partial charge in [-0.2, -0.15) is 0 Å². The molecule has 152 valence electrons. The number of aryl methyl sites for hydroxylation is 1. The van der Waals surface area contributed by atoms with Gasteiger partial charge in [0.1, 0.15) is 13.1 Å². The summed E-state index contributed by atoms with van der Waals surface area (Å²) in [6, 6.07) is 22.5. The zero-order chi connectivity index (χ0) is 20.8. The number of benzene rings is 2. The quantitative estimate of drug-likeness (QED) is 0.608. The fraction of sp³-hybridized carbons (Fsp3) is 0.320. The van der Waals surface area contributed by atoms with Gasteiger partial charge in [0.15, 0.2) is 11.5 Å². The van der Waals surface area contributed by atoms with Gasteiger partial charge in [0.05, 0.1) is 12.1 Å². The first-order valence-electron chi connectivity index (χ1n) is 10.3. The van der Waals surface area contributed by atoms with E-state index in [0.29, 0.717) is 11.8 Å². The van der Waals surface area contributed by atoms with E-state index < -0.39 is 0 Å². The molecule has 0 aliphatic carbocycles. The average Bonchev–Trinajstić information content (AvgIpc) is 3.18. The molecule has 4 nitrogen and oxygen atoms in total. The summed E-state index contributed by atoms with van der Waals surface area (Å²) in [5.41, 5.74) is 3.72. The minimum Gasteiger partial charge on any atom is -0.450 e. The lowest BCUT2D eigenvalue weighted by Crippen LogP contribution is -3.12. The molecule has 4 heteroatoms. The summed E-state index contributed by atoms with van der Waals surface area (Å²) in [5.74, 6) is 1.01. The maximum absolute atomic E-state index is 12.6. The Morgan fingerprint density at radius 3 is 2.31 bits per heavy atom. The number of carbonyl (C=O) groups excluding carboxylic acids is 1. The molecule has 0 radical (unpaired) electrons. The van der Waals surface area contributed by atoms with Crippen molar-refractivity contribution in [1.29, 1.82) is 0 Å². The molecule has 0 spiro atoms. The van der Waals surface area contributed by atoms with E-state index in [4.69, 9.17) is 4.42 Å². The Bertz CT molecular complexity index is 931. The van der Waals surface area contributed by atoms with Gasteiger partial charge in [-0.15, -0.1) is 0 Å². The largest absolute Gasteiger partial charge is 0.450 e. The van der Waals surface area contributed by atoms with Gasteiger partial charge in [-0.1, -0.05) is 54.6 Å². The number of carbonyl (C=O) groups is 1. The van der Waals surface area contributed by atoms with Gasteiger partial charge >= 0.3 is 0 Å². The number of furan rings is 1. The number of hydrogen-bond donors (Lipinski definition) is 2. The number of hydrogen-bond acceptors (Lipinski definition) is 2. The monoisotopic (exact) mass is 391 g/mol. The Morgan fingerprint density at radius 1 is 0.931 bits per heavy atom. The smallest absolute Gasteiger partial charge is 0.287 e. The van der Waals surface area contributed by atoms with Crippen molar-refractivity contribution in [1.82, 2.24) is 5.32 Å². The lowest BCUT2D eigenvalue weighted by atomic mass is 10.1. The molecule has 0 saturated carbocycles. The fourth-order valence-corrected chi connectivity index (χ4v) is 3.44. The first-order chi connectivity index (χ1) is 13.9. The Labute approximate surface area is 173 Å². The van der Waals surface area contributed by atoms with Crippen molar-refractivity contribution in [2.75, 3.05) is 0 Å². The summed E-state index contributed by atoms with van der Waals surface area (Å²) >= 11 is 0. The molecule has 2 aromatic carbocycles. The van der Waals surface area contributed by atoms with E-state index >= 15 is 0 Å². The molecular weight excluding hydrogens is 360 g/mol. The second-order valence-corrected chi connectivity index (χ2v) is 7.96. The van der Waals surface area contributed by atoms with Crippen LogP contribution in [-0.2, 0) is 13.1 Å². The highest BCUT2D eigenvalue weighted by atomic mass is 16.4. The zero-order valence-corrected chi connectivity index (χ0v) is 17.7. The molecule has 3 rings (SSSR count). The van der Waals surface area contributed by atoms with E-state index in [9.17, 15) is 4.79 Å². The summed E-state index contributed by atoms with van der Waals surface area (Å²) in [6.07, 6.45) is 0. The number of amides is 1. The first-order valence-corrected chi connectivity index (χ1v) is 10.3. The van der Waals surface area contributed by atoms with Gasteiger partial charge < -0.3 is 14.6 Å². The third-order valence-electron chi connectivity index (χ3n) is 5.43. The molecule has 2 atom stereocenters. The van der Waals surface area contributed by atoms with E-state index in [-0.39, 0.29) is 11.9 Å². The summed E-state index contributed by atoms with van der Waals surface area (Å²) in [7, 11) is 0. The number of nitrogens with one attached hydrogen (secondary N) is 2. The summed E-state index contributed by atoms with van der Waals surface area (Å²) in [6.45, 7) is 10.2. The van der Waals surface area contributed by atoms with Crippen LogP contribution in [0.25, 0.3) is 0 Å². The van der Waals surface area contributed by atoms with Gasteiger partial charge in [0.2, 0.25) is 0 Å². The predicted molar refractivity (Wildman–Crippen MR) is 116 cm³/mol. The predicted octanol–water partition coefficient (Wildman–Crippen LogP) is 4.07. The van der Waals surface area contributed by atoms with Crippen LogP contribution in [-0.4, -0.2) is 11.9 Å². The zero-order valence-electron chi connectivity index (χ0n) is 17.7. The molecule has 3 aromatic rings. The van der Waals surface area contributed by atoms with E-state index in [1.165, 1.54) is 16.0 Å². The van der Waals surface area contributed by atoms with Crippen molar-refractivity contribution in [3.63, 3.8) is 0 Å². The Morgan fingerprint density at radius 2 is 1.62 bits per heavy atom. The molecular formula is C25H31N2O2+. The maximum Gasteiger partial charge on any atom is 0.287 e. The standard InChI is InChI=1S/C25H30N2O2/c1-18(2)27(16-22-13-9-8-10-19(22)3)17-23-14-15-24(29-23)25(28)26-20(4)21-11-6-5-7-12-21/h5-15,18,20H,16-17H2,1-4H3,(H,26,28)/p+1/t20-/m1/s1. The second kappa shape index (κ2) is 9.57. The van der Waals surface area contributed by atoms with E-state index in [2.05, 4.69) is 50.4 Å². The van der Waals surface area contributed by atoms with Crippen molar-refractivity contribution < 1.29 is 14.1 Å². The minimum absolute atomic E-state index is 0.0731. The molecule has 0 aliphatic rings. The van der Waals surface area contributed by atoms with E-state index in [0.717, 1.165) is 24.4 Å². The van der Waals surface area contributed by atoms with E-state index in [1.807, 2.05) is 43.3 Å². The lowest BCUT2D eigenvalue weighted by molar-refractivity contribution is -0.949. The molecule has 1 amide bonds. The normalized spacial score (nSPS) is 13.3. The Balaban J connectivity index is 1.65. The molecule has 1 unspecified atom stereocenters. The van der Waals surface area contributed by atoms with Gasteiger partial charge in [0.25, 0.3) is 5.91 Å². The molecule has 0 saturated heterocycles. The Hall–Kier alpha value is -2.85. The van der Waals surface area contributed by atoms with Crippen LogP contribution in [0.1, 0.15) is 59.8 Å². The third kappa shape index (κ3) is 5.58. The van der Waals surface area contributed by atoms with Crippen molar-refractivity contribution in [3.8, 4) is 0 Å². The lowest BCUT2D eigenvalue weighted by Gasteiger charge is -2.23. The minimum atomic E-state index is -0.183. The summed E-state index contributed by atoms with van der Waals surface area (Å²) in [4.78, 5) is 14.0. The number of quaternary nitrogens is 1. The van der Waals surface area contributed by atoms with E-state index in [1.54, 1.807) is 6.07 Å². The second-order valence-electron chi connectivity index (χ2n) is 7.96. The van der Waals surface area contributed by atoms with Crippen molar-refractivity contribution >= 4 is 5.91 Å². The summed E-state index contributed by atoms with van der Waals surface area (Å²) < 4.78 is 5.90. The van der Waals surface area contributed by atoms with Crippen LogP contribution < -0.4 is 10.2 Å². The van der Waals surface area contributed by atoms with Gasteiger partial charge in [0, 0.05) is 5.56 Å². The third-order valence-corrected chi connectivity index (χ3v) is 5.43.